The van der Waals surface area contributed by atoms with Crippen LogP contribution in [0.3, 0.4) is 0 Å². The molecule has 1 atom stereocenters. The van der Waals surface area contributed by atoms with Crippen molar-refractivity contribution in [1.29, 1.82) is 0 Å². The van der Waals surface area contributed by atoms with Crippen LogP contribution in [0.4, 0.5) is 5.69 Å². The average molecular weight is 273 g/mol. The van der Waals surface area contributed by atoms with Gasteiger partial charge in [0.05, 0.1) is 12.6 Å². The first kappa shape index (κ1) is 14.6. The van der Waals surface area contributed by atoms with Crippen molar-refractivity contribution in [2.45, 2.75) is 45.7 Å². The highest BCUT2D eigenvalue weighted by Gasteiger charge is 2.38. The number of carbonyl (C=O) groups is 1. The minimum absolute atomic E-state index is 0.177. The number of ether oxygens (including phenoxy) is 1. The molecule has 2 rings (SSSR count). The molecule has 0 amide bonds. The highest BCUT2D eigenvalue weighted by atomic mass is 16.5. The quantitative estimate of drug-likeness (QED) is 0.787. The number of rotatable bonds is 3. The Labute approximate surface area is 121 Å². The van der Waals surface area contributed by atoms with Gasteiger partial charge in [-0.05, 0) is 38.8 Å². The van der Waals surface area contributed by atoms with Crippen LogP contribution < -0.4 is 4.90 Å². The molecule has 1 heterocycles. The SMILES string of the molecule is CC[C@H](C(=O)OC)N1c2ccccc2C(C)=CC1(C)C. The summed E-state index contributed by atoms with van der Waals surface area (Å²) in [6.45, 7) is 8.42. The first-order valence-electron chi connectivity index (χ1n) is 7.08. The van der Waals surface area contributed by atoms with Crippen molar-refractivity contribution in [3.63, 3.8) is 0 Å². The van der Waals surface area contributed by atoms with Crippen molar-refractivity contribution in [1.82, 2.24) is 0 Å². The zero-order valence-corrected chi connectivity index (χ0v) is 12.9. The van der Waals surface area contributed by atoms with E-state index in [-0.39, 0.29) is 17.6 Å². The number of allylic oxidation sites excluding steroid dienone is 1. The molecule has 1 aliphatic rings. The van der Waals surface area contributed by atoms with Crippen LogP contribution in [0.25, 0.3) is 5.57 Å². The summed E-state index contributed by atoms with van der Waals surface area (Å²) in [5, 5.41) is 0. The van der Waals surface area contributed by atoms with Gasteiger partial charge in [0.15, 0.2) is 0 Å². The van der Waals surface area contributed by atoms with Gasteiger partial charge in [-0.1, -0.05) is 31.2 Å². The van der Waals surface area contributed by atoms with E-state index in [9.17, 15) is 4.79 Å². The van der Waals surface area contributed by atoms with Crippen molar-refractivity contribution >= 4 is 17.2 Å². The number of anilines is 1. The molecule has 0 saturated carbocycles. The fraction of sp³-hybridized carbons (Fsp3) is 0.471. The first-order valence-corrected chi connectivity index (χ1v) is 7.08. The summed E-state index contributed by atoms with van der Waals surface area (Å²) in [6, 6.07) is 7.98. The number of hydrogen-bond donors (Lipinski definition) is 0. The molecule has 0 bridgehead atoms. The third-order valence-electron chi connectivity index (χ3n) is 3.95. The molecule has 0 radical (unpaired) electrons. The van der Waals surface area contributed by atoms with Crippen LogP contribution in [0.2, 0.25) is 0 Å². The highest BCUT2D eigenvalue weighted by Crippen LogP contribution is 2.40. The number of nitrogens with zero attached hydrogens (tertiary/aromatic N) is 1. The van der Waals surface area contributed by atoms with Gasteiger partial charge in [0, 0.05) is 11.3 Å². The number of methoxy groups -OCH3 is 1. The Balaban J connectivity index is 2.58. The molecule has 1 aliphatic heterocycles. The van der Waals surface area contributed by atoms with Crippen LogP contribution >= 0.6 is 0 Å². The minimum atomic E-state index is -0.263. The molecular formula is C17H23NO2. The topological polar surface area (TPSA) is 29.5 Å². The number of carbonyl (C=O) groups excluding carboxylic acids is 1. The summed E-state index contributed by atoms with van der Waals surface area (Å²) in [5.41, 5.74) is 3.33. The van der Waals surface area contributed by atoms with E-state index in [2.05, 4.69) is 43.9 Å². The Bertz CT molecular complexity index is 546. The molecule has 1 aromatic carbocycles. The number of fused-ring (bicyclic) bond motifs is 1. The van der Waals surface area contributed by atoms with Crippen molar-refractivity contribution < 1.29 is 9.53 Å². The van der Waals surface area contributed by atoms with E-state index in [1.54, 1.807) is 0 Å². The third kappa shape index (κ3) is 2.33. The maximum atomic E-state index is 12.1. The number of para-hydroxylation sites is 1. The third-order valence-corrected chi connectivity index (χ3v) is 3.95. The Morgan fingerprint density at radius 1 is 1.35 bits per heavy atom. The van der Waals surface area contributed by atoms with Crippen LogP contribution in [0, 0.1) is 0 Å². The summed E-state index contributed by atoms with van der Waals surface area (Å²) in [5.74, 6) is -0.177. The fourth-order valence-corrected chi connectivity index (χ4v) is 3.16. The second kappa shape index (κ2) is 5.31. The largest absolute Gasteiger partial charge is 0.467 e. The Kier molecular flexibility index (Phi) is 3.89. The molecule has 0 aromatic heterocycles. The molecule has 108 valence electrons. The highest BCUT2D eigenvalue weighted by molar-refractivity contribution is 5.87. The summed E-state index contributed by atoms with van der Waals surface area (Å²) in [6.07, 6.45) is 2.94. The fourth-order valence-electron chi connectivity index (χ4n) is 3.16. The molecule has 0 unspecified atom stereocenters. The average Bonchev–Trinajstić information content (AvgIpc) is 2.42. The maximum Gasteiger partial charge on any atom is 0.328 e. The second-order valence-electron chi connectivity index (χ2n) is 5.82. The smallest absolute Gasteiger partial charge is 0.328 e. The Morgan fingerprint density at radius 3 is 2.60 bits per heavy atom. The van der Waals surface area contributed by atoms with E-state index in [1.165, 1.54) is 18.2 Å². The predicted octanol–water partition coefficient (Wildman–Crippen LogP) is 3.64. The van der Waals surface area contributed by atoms with Crippen molar-refractivity contribution in [2.24, 2.45) is 0 Å². The van der Waals surface area contributed by atoms with Gasteiger partial charge in [-0.25, -0.2) is 4.79 Å². The van der Waals surface area contributed by atoms with Crippen LogP contribution in [0.1, 0.15) is 39.7 Å². The van der Waals surface area contributed by atoms with Gasteiger partial charge in [0.2, 0.25) is 0 Å². The summed E-state index contributed by atoms with van der Waals surface area (Å²) in [4.78, 5) is 14.3. The summed E-state index contributed by atoms with van der Waals surface area (Å²) < 4.78 is 4.99. The normalized spacial score (nSPS) is 18.1. The van der Waals surface area contributed by atoms with Crippen LogP contribution in [-0.4, -0.2) is 24.7 Å². The molecular weight excluding hydrogens is 250 g/mol. The van der Waals surface area contributed by atoms with Crippen LogP contribution in [0.5, 0.6) is 0 Å². The van der Waals surface area contributed by atoms with Gasteiger partial charge in [-0.3, -0.25) is 0 Å². The summed E-state index contributed by atoms with van der Waals surface area (Å²) >= 11 is 0. The Morgan fingerprint density at radius 2 is 2.00 bits per heavy atom. The number of hydrogen-bond acceptors (Lipinski definition) is 3. The van der Waals surface area contributed by atoms with Crippen molar-refractivity contribution in [3.8, 4) is 0 Å². The van der Waals surface area contributed by atoms with E-state index in [4.69, 9.17) is 4.74 Å². The van der Waals surface area contributed by atoms with E-state index in [1.807, 2.05) is 19.1 Å². The van der Waals surface area contributed by atoms with Gasteiger partial charge in [-0.15, -0.1) is 0 Å². The van der Waals surface area contributed by atoms with Crippen LogP contribution in [0.15, 0.2) is 30.3 Å². The van der Waals surface area contributed by atoms with Gasteiger partial charge in [0.25, 0.3) is 0 Å². The summed E-state index contributed by atoms with van der Waals surface area (Å²) in [7, 11) is 1.45. The van der Waals surface area contributed by atoms with E-state index < -0.39 is 0 Å². The van der Waals surface area contributed by atoms with Crippen molar-refractivity contribution in [3.05, 3.63) is 35.9 Å². The lowest BCUT2D eigenvalue weighted by Gasteiger charge is -2.46. The van der Waals surface area contributed by atoms with E-state index >= 15 is 0 Å². The number of esters is 1. The van der Waals surface area contributed by atoms with Crippen LogP contribution in [-0.2, 0) is 9.53 Å². The van der Waals surface area contributed by atoms with Gasteiger partial charge in [0.1, 0.15) is 6.04 Å². The van der Waals surface area contributed by atoms with Gasteiger partial charge < -0.3 is 9.64 Å². The lowest BCUT2D eigenvalue weighted by Crippen LogP contribution is -2.54. The molecule has 0 aliphatic carbocycles. The molecule has 3 nitrogen and oxygen atoms in total. The van der Waals surface area contributed by atoms with Crippen molar-refractivity contribution in [2.75, 3.05) is 12.0 Å². The monoisotopic (exact) mass is 273 g/mol. The first-order chi connectivity index (χ1) is 9.42. The van der Waals surface area contributed by atoms with E-state index in [0.29, 0.717) is 0 Å². The molecule has 0 spiro atoms. The lowest BCUT2D eigenvalue weighted by molar-refractivity contribution is -0.142. The number of benzene rings is 1. The van der Waals surface area contributed by atoms with Gasteiger partial charge in [-0.2, -0.15) is 0 Å². The lowest BCUT2D eigenvalue weighted by atomic mass is 9.87. The minimum Gasteiger partial charge on any atom is -0.467 e. The van der Waals surface area contributed by atoms with Gasteiger partial charge >= 0.3 is 5.97 Å². The zero-order chi connectivity index (χ0) is 14.9. The molecule has 0 saturated heterocycles. The maximum absolute atomic E-state index is 12.1. The Hall–Kier alpha value is -1.77. The standard InChI is InChI=1S/C17H23NO2/c1-6-14(16(19)20-5)18-15-10-8-7-9-13(15)12(2)11-17(18,3)4/h7-11,14H,6H2,1-5H3/t14-/m1/s1. The second-order valence-corrected chi connectivity index (χ2v) is 5.82. The zero-order valence-electron chi connectivity index (χ0n) is 12.9. The molecule has 3 heteroatoms. The molecule has 1 aromatic rings. The molecule has 0 N–H and O–H groups in total. The predicted molar refractivity (Wildman–Crippen MR) is 82.7 cm³/mol. The van der Waals surface area contributed by atoms with E-state index in [0.717, 1.165) is 12.1 Å². The molecule has 0 fully saturated rings. The molecule has 20 heavy (non-hydrogen) atoms.